The lowest BCUT2D eigenvalue weighted by atomic mass is 9.96. The zero-order valence-electron chi connectivity index (χ0n) is 15.6. The predicted octanol–water partition coefficient (Wildman–Crippen LogP) is 4.97. The second-order valence-electron chi connectivity index (χ2n) is 6.95. The van der Waals surface area contributed by atoms with Gasteiger partial charge in [-0.3, -0.25) is 14.9 Å². The highest BCUT2D eigenvalue weighted by atomic mass is 35.5. The van der Waals surface area contributed by atoms with Gasteiger partial charge in [0, 0.05) is 41.7 Å². The van der Waals surface area contributed by atoms with E-state index >= 15 is 0 Å². The summed E-state index contributed by atoms with van der Waals surface area (Å²) < 4.78 is 5.44. The first-order valence-electron chi connectivity index (χ1n) is 9.25. The Kier molecular flexibility index (Phi) is 5.69. The second-order valence-corrected chi connectivity index (χ2v) is 7.80. The average Bonchev–Trinajstić information content (AvgIpc) is 3.23. The van der Waals surface area contributed by atoms with E-state index in [9.17, 15) is 14.9 Å². The van der Waals surface area contributed by atoms with Crippen molar-refractivity contribution in [3.05, 3.63) is 74.1 Å². The fourth-order valence-electron chi connectivity index (χ4n) is 3.44. The first-order valence-corrected chi connectivity index (χ1v) is 10.0. The normalized spacial score (nSPS) is 14.7. The largest absolute Gasteiger partial charge is 0.339 e. The fourth-order valence-corrected chi connectivity index (χ4v) is 3.88. The van der Waals surface area contributed by atoms with Gasteiger partial charge in [-0.1, -0.05) is 40.5 Å². The number of hydrogen-bond acceptors (Lipinski definition) is 6. The van der Waals surface area contributed by atoms with E-state index in [0.29, 0.717) is 42.7 Å². The lowest BCUT2D eigenvalue weighted by Gasteiger charge is -2.30. The van der Waals surface area contributed by atoms with Crippen molar-refractivity contribution in [2.24, 2.45) is 0 Å². The molecular weight excluding hydrogens is 431 g/mol. The molecule has 2 heterocycles. The third-order valence-corrected chi connectivity index (χ3v) is 5.60. The second kappa shape index (κ2) is 8.41. The molecule has 3 aromatic rings. The first kappa shape index (κ1) is 20.3. The molecule has 1 fully saturated rings. The summed E-state index contributed by atoms with van der Waals surface area (Å²) in [4.78, 5) is 29.2. The number of carbonyl (C=O) groups excluding carboxylic acids is 1. The molecule has 0 aliphatic carbocycles. The van der Waals surface area contributed by atoms with Crippen LogP contribution in [0.2, 0.25) is 10.0 Å². The van der Waals surface area contributed by atoms with Gasteiger partial charge in [0.05, 0.1) is 15.5 Å². The Labute approximate surface area is 181 Å². The molecule has 4 rings (SSSR count). The maximum Gasteiger partial charge on any atom is 0.270 e. The maximum atomic E-state index is 12.8. The highest BCUT2D eigenvalue weighted by Crippen LogP contribution is 2.31. The molecule has 1 aromatic heterocycles. The molecule has 0 unspecified atom stereocenters. The molecular formula is C20H16Cl2N4O4. The molecule has 0 bridgehead atoms. The Morgan fingerprint density at radius 1 is 1.17 bits per heavy atom. The summed E-state index contributed by atoms with van der Waals surface area (Å²) in [6, 6.07) is 11.1. The quantitative estimate of drug-likeness (QED) is 0.413. The van der Waals surface area contributed by atoms with Gasteiger partial charge in [-0.15, -0.1) is 0 Å². The van der Waals surface area contributed by atoms with Crippen LogP contribution in [0, 0.1) is 10.1 Å². The number of carbonyl (C=O) groups is 1. The zero-order valence-corrected chi connectivity index (χ0v) is 17.1. The summed E-state index contributed by atoms with van der Waals surface area (Å²) in [5.74, 6) is 0.800. The first-order chi connectivity index (χ1) is 14.4. The number of non-ortho nitro benzene ring substituents is 1. The highest BCUT2D eigenvalue weighted by molar-refractivity contribution is 6.34. The summed E-state index contributed by atoms with van der Waals surface area (Å²) in [5.41, 5.74) is 0.877. The molecule has 0 N–H and O–H groups in total. The average molecular weight is 447 g/mol. The van der Waals surface area contributed by atoms with Gasteiger partial charge in [-0.05, 0) is 31.0 Å². The number of hydrogen-bond donors (Lipinski definition) is 0. The molecule has 0 spiro atoms. The molecule has 0 saturated carbocycles. The predicted molar refractivity (Wildman–Crippen MR) is 111 cm³/mol. The van der Waals surface area contributed by atoms with Crippen LogP contribution in [0.3, 0.4) is 0 Å². The Balaban J connectivity index is 1.42. The molecule has 0 radical (unpaired) electrons. The topological polar surface area (TPSA) is 102 Å². The number of halogens is 2. The maximum absolute atomic E-state index is 12.8. The van der Waals surface area contributed by atoms with Gasteiger partial charge in [-0.25, -0.2) is 0 Å². The van der Waals surface area contributed by atoms with Crippen LogP contribution in [0.15, 0.2) is 47.0 Å². The molecule has 2 aromatic carbocycles. The van der Waals surface area contributed by atoms with E-state index in [2.05, 4.69) is 10.1 Å². The van der Waals surface area contributed by atoms with Crippen molar-refractivity contribution in [2.75, 3.05) is 13.1 Å². The van der Waals surface area contributed by atoms with E-state index in [-0.39, 0.29) is 28.1 Å². The van der Waals surface area contributed by atoms with E-state index in [1.807, 2.05) is 12.1 Å². The summed E-state index contributed by atoms with van der Waals surface area (Å²) in [7, 11) is 0. The van der Waals surface area contributed by atoms with Gasteiger partial charge in [-0.2, -0.15) is 4.98 Å². The van der Waals surface area contributed by atoms with Crippen molar-refractivity contribution < 1.29 is 14.2 Å². The van der Waals surface area contributed by atoms with E-state index in [1.54, 1.807) is 17.0 Å². The molecule has 8 nitrogen and oxygen atoms in total. The third-order valence-electron chi connectivity index (χ3n) is 5.05. The Bertz CT molecular complexity index is 1110. The van der Waals surface area contributed by atoms with Crippen LogP contribution in [-0.2, 0) is 0 Å². The lowest BCUT2D eigenvalue weighted by Crippen LogP contribution is -2.38. The van der Waals surface area contributed by atoms with Crippen molar-refractivity contribution >= 4 is 34.8 Å². The lowest BCUT2D eigenvalue weighted by molar-refractivity contribution is -0.384. The molecule has 1 amide bonds. The number of amides is 1. The molecule has 1 aliphatic rings. The van der Waals surface area contributed by atoms with E-state index in [4.69, 9.17) is 27.7 Å². The monoisotopic (exact) mass is 446 g/mol. The van der Waals surface area contributed by atoms with Gasteiger partial charge >= 0.3 is 0 Å². The van der Waals surface area contributed by atoms with Crippen LogP contribution in [0.25, 0.3) is 11.4 Å². The molecule has 0 atom stereocenters. The minimum absolute atomic E-state index is 0.0433. The third kappa shape index (κ3) is 4.15. The van der Waals surface area contributed by atoms with Crippen LogP contribution in [0.4, 0.5) is 5.69 Å². The smallest absolute Gasteiger partial charge is 0.270 e. The summed E-state index contributed by atoms with van der Waals surface area (Å²) in [6.07, 6.45) is 1.32. The van der Waals surface area contributed by atoms with Crippen molar-refractivity contribution in [1.82, 2.24) is 15.0 Å². The van der Waals surface area contributed by atoms with E-state index < -0.39 is 4.92 Å². The zero-order chi connectivity index (χ0) is 21.3. The SMILES string of the molecule is O=C(c1ccc([N+](=O)[O-])cc1Cl)N1CCC(c2nc(-c3cccc(Cl)c3)no2)CC1. The Hall–Kier alpha value is -2.97. The van der Waals surface area contributed by atoms with E-state index in [1.165, 1.54) is 18.2 Å². The summed E-state index contributed by atoms with van der Waals surface area (Å²) in [6.45, 7) is 0.984. The van der Waals surface area contributed by atoms with Gasteiger partial charge in [0.15, 0.2) is 0 Å². The van der Waals surface area contributed by atoms with Crippen molar-refractivity contribution in [1.29, 1.82) is 0 Å². The van der Waals surface area contributed by atoms with Crippen LogP contribution in [0.1, 0.15) is 35.0 Å². The Morgan fingerprint density at radius 3 is 2.60 bits per heavy atom. The standard InChI is InChI=1S/C20H16Cl2N4O4/c21-14-3-1-2-13(10-14)18-23-19(30-24-18)12-6-8-25(9-7-12)20(27)16-5-4-15(26(28)29)11-17(16)22/h1-5,10-12H,6-9H2. The van der Waals surface area contributed by atoms with Crippen LogP contribution in [-0.4, -0.2) is 39.0 Å². The van der Waals surface area contributed by atoms with E-state index in [0.717, 1.165) is 5.56 Å². The number of nitro groups is 1. The van der Waals surface area contributed by atoms with Gasteiger partial charge in [0.25, 0.3) is 11.6 Å². The number of likely N-dealkylation sites (tertiary alicyclic amines) is 1. The molecule has 1 saturated heterocycles. The van der Waals surface area contributed by atoms with Crippen LogP contribution < -0.4 is 0 Å². The number of nitrogens with zero attached hydrogens (tertiary/aromatic N) is 4. The van der Waals surface area contributed by atoms with Crippen molar-refractivity contribution in [3.8, 4) is 11.4 Å². The van der Waals surface area contributed by atoms with Crippen LogP contribution >= 0.6 is 23.2 Å². The van der Waals surface area contributed by atoms with Gasteiger partial charge < -0.3 is 9.42 Å². The van der Waals surface area contributed by atoms with Crippen LogP contribution in [0.5, 0.6) is 0 Å². The summed E-state index contributed by atoms with van der Waals surface area (Å²) in [5, 5.41) is 15.5. The number of aromatic nitrogens is 2. The Morgan fingerprint density at radius 2 is 1.93 bits per heavy atom. The van der Waals surface area contributed by atoms with Crippen molar-refractivity contribution in [2.45, 2.75) is 18.8 Å². The number of rotatable bonds is 4. The number of piperidine rings is 1. The van der Waals surface area contributed by atoms with Crippen molar-refractivity contribution in [3.63, 3.8) is 0 Å². The number of nitro benzene ring substituents is 1. The molecule has 30 heavy (non-hydrogen) atoms. The minimum Gasteiger partial charge on any atom is -0.339 e. The number of benzene rings is 2. The minimum atomic E-state index is -0.548. The highest BCUT2D eigenvalue weighted by Gasteiger charge is 2.29. The molecule has 154 valence electrons. The summed E-state index contributed by atoms with van der Waals surface area (Å²) >= 11 is 12.1. The molecule has 1 aliphatic heterocycles. The fraction of sp³-hybridized carbons (Fsp3) is 0.250. The van der Waals surface area contributed by atoms with Gasteiger partial charge in [0.1, 0.15) is 0 Å². The van der Waals surface area contributed by atoms with Gasteiger partial charge in [0.2, 0.25) is 11.7 Å². The molecule has 10 heteroatoms.